The zero-order valence-corrected chi connectivity index (χ0v) is 6.57. The molecule has 1 N–H and O–H groups in total. The Balaban J connectivity index is 2.82. The average molecular weight is 224 g/mol. The predicted molar refractivity (Wildman–Crippen MR) is 34.1 cm³/mol. The standard InChI is InChI=1S/C4H3ClF5N3/c5-13-1-11-12-2(13)3(6,7)4(8,9)10/h1-2,12H. The Morgan fingerprint density at radius 3 is 2.15 bits per heavy atom. The molecule has 0 aromatic carbocycles. The zero-order valence-electron chi connectivity index (χ0n) is 5.82. The first kappa shape index (κ1) is 10.3. The lowest BCUT2D eigenvalue weighted by atomic mass is 10.2. The minimum absolute atomic E-state index is 0.132. The minimum Gasteiger partial charge on any atom is -0.279 e. The number of nitrogens with zero attached hydrogens (tertiary/aromatic N) is 2. The maximum absolute atomic E-state index is 12.5. The summed E-state index contributed by atoms with van der Waals surface area (Å²) in [7, 11) is 0. The molecule has 0 saturated carbocycles. The van der Waals surface area contributed by atoms with Crippen molar-refractivity contribution in [3.8, 4) is 0 Å². The van der Waals surface area contributed by atoms with Gasteiger partial charge in [-0.25, -0.2) is 4.42 Å². The highest BCUT2D eigenvalue weighted by atomic mass is 35.5. The highest BCUT2D eigenvalue weighted by Gasteiger charge is 2.65. The second-order valence-electron chi connectivity index (χ2n) is 2.24. The number of halogens is 6. The third-order valence-electron chi connectivity index (χ3n) is 1.33. The smallest absolute Gasteiger partial charge is 0.279 e. The Hall–Kier alpha value is -0.790. The number of alkyl halides is 5. The predicted octanol–water partition coefficient (Wildman–Crippen LogP) is 1.51. The maximum atomic E-state index is 12.5. The molecule has 3 nitrogen and oxygen atoms in total. The Bertz CT molecular complexity index is 226. The first-order valence-corrected chi connectivity index (χ1v) is 3.28. The van der Waals surface area contributed by atoms with E-state index in [1.54, 1.807) is 5.43 Å². The van der Waals surface area contributed by atoms with Crippen LogP contribution in [0.2, 0.25) is 0 Å². The van der Waals surface area contributed by atoms with Crippen molar-refractivity contribution in [2.75, 3.05) is 0 Å². The minimum atomic E-state index is -5.66. The molecular weight excluding hydrogens is 221 g/mol. The van der Waals surface area contributed by atoms with Crippen LogP contribution in [0.1, 0.15) is 0 Å². The van der Waals surface area contributed by atoms with Crippen LogP contribution in [0.25, 0.3) is 0 Å². The van der Waals surface area contributed by atoms with Crippen LogP contribution in [0.15, 0.2) is 5.10 Å². The Kier molecular flexibility index (Phi) is 2.27. The average Bonchev–Trinajstić information content (AvgIpc) is 2.32. The summed E-state index contributed by atoms with van der Waals surface area (Å²) in [6.07, 6.45) is -7.42. The Labute approximate surface area is 74.2 Å². The fraction of sp³-hybridized carbons (Fsp3) is 0.750. The Morgan fingerprint density at radius 1 is 1.31 bits per heavy atom. The van der Waals surface area contributed by atoms with Crippen molar-refractivity contribution in [1.29, 1.82) is 0 Å². The van der Waals surface area contributed by atoms with Gasteiger partial charge >= 0.3 is 12.1 Å². The van der Waals surface area contributed by atoms with Crippen molar-refractivity contribution in [1.82, 2.24) is 9.84 Å². The van der Waals surface area contributed by atoms with Gasteiger partial charge in [0.15, 0.2) is 0 Å². The summed E-state index contributed by atoms with van der Waals surface area (Å²) < 4.78 is 60.3. The molecule has 0 aromatic rings. The number of nitrogens with one attached hydrogen (secondary N) is 1. The molecule has 13 heavy (non-hydrogen) atoms. The van der Waals surface area contributed by atoms with E-state index in [1.807, 2.05) is 0 Å². The molecule has 0 spiro atoms. The van der Waals surface area contributed by atoms with Gasteiger partial charge in [-0.1, -0.05) is 0 Å². The molecule has 0 radical (unpaired) electrons. The summed E-state index contributed by atoms with van der Waals surface area (Å²) in [5.74, 6) is -4.95. The van der Waals surface area contributed by atoms with Crippen LogP contribution >= 0.6 is 11.8 Å². The number of hydrogen-bond donors (Lipinski definition) is 1. The second kappa shape index (κ2) is 2.86. The number of hydrogen-bond acceptors (Lipinski definition) is 3. The van der Waals surface area contributed by atoms with Crippen LogP contribution in [0, 0.1) is 0 Å². The first-order valence-electron chi connectivity index (χ1n) is 2.94. The normalized spacial score (nSPS) is 23.5. The van der Waals surface area contributed by atoms with E-state index in [-0.39, 0.29) is 4.42 Å². The van der Waals surface area contributed by atoms with E-state index < -0.39 is 18.3 Å². The summed E-state index contributed by atoms with van der Waals surface area (Å²) in [6, 6.07) is 0. The van der Waals surface area contributed by atoms with Gasteiger partial charge in [-0.3, -0.25) is 5.43 Å². The van der Waals surface area contributed by atoms with Crippen molar-refractivity contribution in [3.05, 3.63) is 0 Å². The van der Waals surface area contributed by atoms with Gasteiger partial charge in [0, 0.05) is 11.8 Å². The van der Waals surface area contributed by atoms with E-state index in [1.165, 1.54) is 0 Å². The molecule has 0 fully saturated rings. The van der Waals surface area contributed by atoms with Gasteiger partial charge in [0.1, 0.15) is 6.34 Å². The van der Waals surface area contributed by atoms with Gasteiger partial charge in [-0.2, -0.15) is 27.1 Å². The van der Waals surface area contributed by atoms with Crippen LogP contribution in [0.5, 0.6) is 0 Å². The summed E-state index contributed by atoms with van der Waals surface area (Å²) in [6.45, 7) is 0. The molecule has 1 heterocycles. The molecule has 1 atom stereocenters. The number of rotatable bonds is 1. The van der Waals surface area contributed by atoms with Crippen LogP contribution in [0.4, 0.5) is 22.0 Å². The quantitative estimate of drug-likeness (QED) is 0.539. The van der Waals surface area contributed by atoms with Crippen LogP contribution in [0.3, 0.4) is 0 Å². The van der Waals surface area contributed by atoms with E-state index in [9.17, 15) is 22.0 Å². The van der Waals surface area contributed by atoms with Crippen molar-refractivity contribution < 1.29 is 22.0 Å². The van der Waals surface area contributed by atoms with Gasteiger partial charge in [-0.05, 0) is 0 Å². The fourth-order valence-corrected chi connectivity index (χ4v) is 0.882. The second-order valence-corrected chi connectivity index (χ2v) is 2.63. The van der Waals surface area contributed by atoms with Gasteiger partial charge in [-0.15, -0.1) is 0 Å². The van der Waals surface area contributed by atoms with E-state index >= 15 is 0 Å². The lowest BCUT2D eigenvalue weighted by Crippen LogP contribution is -2.55. The monoisotopic (exact) mass is 223 g/mol. The Morgan fingerprint density at radius 2 is 1.85 bits per heavy atom. The molecule has 0 amide bonds. The molecule has 76 valence electrons. The lowest BCUT2D eigenvalue weighted by Gasteiger charge is -2.27. The van der Waals surface area contributed by atoms with Gasteiger partial charge in [0.25, 0.3) is 0 Å². The summed E-state index contributed by atoms with van der Waals surface area (Å²) in [5, 5.41) is 2.96. The maximum Gasteiger partial charge on any atom is 0.457 e. The van der Waals surface area contributed by atoms with Gasteiger partial charge in [0.2, 0.25) is 6.17 Å². The molecule has 1 aliphatic rings. The highest BCUT2D eigenvalue weighted by molar-refractivity contribution is 6.19. The zero-order chi connectivity index (χ0) is 10.3. The molecule has 0 aromatic heterocycles. The van der Waals surface area contributed by atoms with Crippen molar-refractivity contribution >= 4 is 18.1 Å². The van der Waals surface area contributed by atoms with E-state index in [2.05, 4.69) is 5.10 Å². The fourth-order valence-electron chi connectivity index (χ4n) is 0.672. The molecule has 0 aliphatic carbocycles. The van der Waals surface area contributed by atoms with Crippen molar-refractivity contribution in [3.63, 3.8) is 0 Å². The van der Waals surface area contributed by atoms with Gasteiger partial charge in [0.05, 0.1) is 0 Å². The summed E-state index contributed by atoms with van der Waals surface area (Å²) in [4.78, 5) is 0. The lowest BCUT2D eigenvalue weighted by molar-refractivity contribution is -0.298. The van der Waals surface area contributed by atoms with E-state index in [0.29, 0.717) is 6.34 Å². The van der Waals surface area contributed by atoms with E-state index in [0.717, 1.165) is 0 Å². The van der Waals surface area contributed by atoms with Crippen LogP contribution < -0.4 is 5.43 Å². The first-order chi connectivity index (χ1) is 5.77. The van der Waals surface area contributed by atoms with Crippen LogP contribution in [-0.2, 0) is 0 Å². The largest absolute Gasteiger partial charge is 0.457 e. The third kappa shape index (κ3) is 1.62. The molecule has 9 heteroatoms. The molecule has 0 bridgehead atoms. The van der Waals surface area contributed by atoms with Gasteiger partial charge < -0.3 is 0 Å². The molecular formula is C4H3ClF5N3. The summed E-state index contributed by atoms with van der Waals surface area (Å²) >= 11 is 5.01. The van der Waals surface area contributed by atoms with Crippen molar-refractivity contribution in [2.24, 2.45) is 5.10 Å². The summed E-state index contributed by atoms with van der Waals surface area (Å²) in [5.41, 5.74) is 1.55. The van der Waals surface area contributed by atoms with Crippen LogP contribution in [-0.4, -0.2) is 29.0 Å². The molecule has 1 aliphatic heterocycles. The number of hydrazone groups is 1. The molecule has 1 rings (SSSR count). The highest BCUT2D eigenvalue weighted by Crippen LogP contribution is 2.39. The third-order valence-corrected chi connectivity index (χ3v) is 1.62. The SMILES string of the molecule is FC(F)(F)C(F)(F)C1NN=CN1Cl. The molecule has 0 saturated heterocycles. The topological polar surface area (TPSA) is 27.6 Å². The molecule has 1 unspecified atom stereocenters. The van der Waals surface area contributed by atoms with E-state index in [4.69, 9.17) is 11.8 Å². The van der Waals surface area contributed by atoms with Crippen molar-refractivity contribution in [2.45, 2.75) is 18.3 Å².